The molecule has 3 heterocycles. The highest BCUT2D eigenvalue weighted by molar-refractivity contribution is 5.76. The molecule has 0 aliphatic carbocycles. The Hall–Kier alpha value is -3.74. The number of anilines is 2. The minimum Gasteiger partial charge on any atom is -0.493 e. The highest BCUT2D eigenvalue weighted by Crippen LogP contribution is 2.40. The molecule has 0 unspecified atom stereocenters. The van der Waals surface area contributed by atoms with E-state index in [0.29, 0.717) is 36.8 Å². The van der Waals surface area contributed by atoms with Gasteiger partial charge in [-0.15, -0.1) is 0 Å². The maximum atomic E-state index is 11.4. The van der Waals surface area contributed by atoms with Crippen molar-refractivity contribution in [2.24, 2.45) is 0 Å². The summed E-state index contributed by atoms with van der Waals surface area (Å²) < 4.78 is 12.1. The molecule has 0 radical (unpaired) electrons. The van der Waals surface area contributed by atoms with Crippen molar-refractivity contribution in [3.05, 3.63) is 71.4 Å². The van der Waals surface area contributed by atoms with Gasteiger partial charge in [-0.05, 0) is 48.7 Å². The topological polar surface area (TPSA) is 83.9 Å². The molecule has 5 rings (SSSR count). The van der Waals surface area contributed by atoms with Crippen molar-refractivity contribution >= 4 is 17.5 Å². The number of nitrogens with one attached hydrogen (secondary N) is 1. The molecule has 2 aromatic carbocycles. The van der Waals surface area contributed by atoms with E-state index in [1.807, 2.05) is 42.5 Å². The average Bonchev–Trinajstić information content (AvgIpc) is 2.95. The Morgan fingerprint density at radius 1 is 1.12 bits per heavy atom. The van der Waals surface area contributed by atoms with Crippen LogP contribution >= 0.6 is 0 Å². The zero-order valence-electron chi connectivity index (χ0n) is 17.7. The lowest BCUT2D eigenvalue weighted by atomic mass is 10.1. The van der Waals surface area contributed by atoms with Crippen molar-refractivity contribution in [2.45, 2.75) is 25.8 Å². The van der Waals surface area contributed by atoms with Gasteiger partial charge in [0, 0.05) is 36.8 Å². The van der Waals surface area contributed by atoms with Gasteiger partial charge >= 0.3 is 5.97 Å². The third-order valence-corrected chi connectivity index (χ3v) is 5.73. The molecule has 0 fully saturated rings. The molecule has 2 N–H and O–H groups in total. The van der Waals surface area contributed by atoms with Crippen molar-refractivity contribution in [1.29, 1.82) is 0 Å². The van der Waals surface area contributed by atoms with Gasteiger partial charge in [0.25, 0.3) is 0 Å². The second-order valence-corrected chi connectivity index (χ2v) is 8.03. The van der Waals surface area contributed by atoms with Gasteiger partial charge in [-0.3, -0.25) is 4.79 Å². The number of aliphatic carboxylic acids is 1. The zero-order chi connectivity index (χ0) is 21.9. The molecule has 0 atom stereocenters. The van der Waals surface area contributed by atoms with Crippen LogP contribution < -0.4 is 19.7 Å². The molecule has 164 valence electrons. The molecule has 1 aromatic heterocycles. The number of aryl methyl sites for hydroxylation is 1. The number of rotatable bonds is 6. The monoisotopic (exact) mass is 431 g/mol. The van der Waals surface area contributed by atoms with E-state index in [1.165, 1.54) is 5.56 Å². The molecule has 3 aromatic rings. The number of carbonyl (C=O) groups is 1. The van der Waals surface area contributed by atoms with Crippen LogP contribution in [0.3, 0.4) is 0 Å². The van der Waals surface area contributed by atoms with Gasteiger partial charge in [0.15, 0.2) is 5.75 Å². The first kappa shape index (κ1) is 20.2. The van der Waals surface area contributed by atoms with Gasteiger partial charge in [0.2, 0.25) is 0 Å². The minimum absolute atomic E-state index is 0.0965. The first-order valence-electron chi connectivity index (χ1n) is 10.9. The zero-order valence-corrected chi connectivity index (χ0v) is 17.7. The number of ether oxygens (including phenoxy) is 2. The number of nitrogens with zero attached hydrogens (tertiary/aromatic N) is 2. The Bertz CT molecular complexity index is 1150. The highest BCUT2D eigenvalue weighted by atomic mass is 16.5. The summed E-state index contributed by atoms with van der Waals surface area (Å²) in [6.45, 7) is 1.83. The summed E-state index contributed by atoms with van der Waals surface area (Å²) in [5.41, 5.74) is 3.96. The third-order valence-electron chi connectivity index (χ3n) is 5.73. The van der Waals surface area contributed by atoms with Gasteiger partial charge in [0.1, 0.15) is 23.9 Å². The molecule has 7 nitrogen and oxygen atoms in total. The fraction of sp³-hybridized carbons (Fsp3) is 0.280. The Balaban J connectivity index is 1.29. The van der Waals surface area contributed by atoms with Crippen molar-refractivity contribution in [3.63, 3.8) is 0 Å². The number of hydrogen-bond acceptors (Lipinski definition) is 6. The van der Waals surface area contributed by atoms with Crippen molar-refractivity contribution in [3.8, 4) is 17.2 Å². The normalized spacial score (nSPS) is 14.2. The molecule has 7 heteroatoms. The van der Waals surface area contributed by atoms with Gasteiger partial charge < -0.3 is 24.8 Å². The molecular formula is C25H25N3O4. The predicted molar refractivity (Wildman–Crippen MR) is 122 cm³/mol. The fourth-order valence-corrected chi connectivity index (χ4v) is 4.15. The van der Waals surface area contributed by atoms with Crippen LogP contribution in [0, 0.1) is 0 Å². The average molecular weight is 431 g/mol. The van der Waals surface area contributed by atoms with Crippen LogP contribution in [-0.4, -0.2) is 35.8 Å². The molecule has 32 heavy (non-hydrogen) atoms. The van der Waals surface area contributed by atoms with Crippen LogP contribution in [0.4, 0.5) is 11.5 Å². The molecule has 0 spiro atoms. The lowest BCUT2D eigenvalue weighted by Gasteiger charge is -2.21. The molecule has 0 bridgehead atoms. The fourth-order valence-electron chi connectivity index (χ4n) is 4.15. The van der Waals surface area contributed by atoms with E-state index >= 15 is 0 Å². The molecule has 0 amide bonds. The summed E-state index contributed by atoms with van der Waals surface area (Å²) in [6, 6.07) is 17.4. The van der Waals surface area contributed by atoms with Crippen molar-refractivity contribution in [1.82, 2.24) is 4.98 Å². The SMILES string of the molecule is O=C(O)CN1Cc2ccc(OCCc3ccc4c(n3)NCCC4)cc2Oc2ccccc21. The second-order valence-electron chi connectivity index (χ2n) is 8.03. The highest BCUT2D eigenvalue weighted by Gasteiger charge is 2.22. The van der Waals surface area contributed by atoms with E-state index in [1.54, 1.807) is 4.90 Å². The maximum absolute atomic E-state index is 11.4. The summed E-state index contributed by atoms with van der Waals surface area (Å²) in [4.78, 5) is 17.9. The third kappa shape index (κ3) is 4.32. The molecule has 0 saturated heterocycles. The number of para-hydroxylation sites is 2. The van der Waals surface area contributed by atoms with Crippen LogP contribution in [0.15, 0.2) is 54.6 Å². The van der Waals surface area contributed by atoms with E-state index < -0.39 is 5.97 Å². The Kier molecular flexibility index (Phi) is 5.54. The summed E-state index contributed by atoms with van der Waals surface area (Å²) in [7, 11) is 0. The van der Waals surface area contributed by atoms with Crippen LogP contribution in [0.2, 0.25) is 0 Å². The van der Waals surface area contributed by atoms with Gasteiger partial charge in [-0.25, -0.2) is 4.98 Å². The Labute approximate surface area is 186 Å². The Morgan fingerprint density at radius 3 is 2.91 bits per heavy atom. The van der Waals surface area contributed by atoms with Crippen LogP contribution in [0.25, 0.3) is 0 Å². The molecular weight excluding hydrogens is 406 g/mol. The number of pyridine rings is 1. The van der Waals surface area contributed by atoms with Gasteiger partial charge in [0.05, 0.1) is 12.3 Å². The number of hydrogen-bond donors (Lipinski definition) is 2. The van der Waals surface area contributed by atoms with E-state index in [-0.39, 0.29) is 6.54 Å². The van der Waals surface area contributed by atoms with E-state index in [4.69, 9.17) is 14.5 Å². The quantitative estimate of drug-likeness (QED) is 0.603. The molecule has 2 aliphatic heterocycles. The largest absolute Gasteiger partial charge is 0.493 e. The first-order valence-corrected chi connectivity index (χ1v) is 10.9. The standard InChI is InChI=1S/C25H25N3O4/c29-24(30)16-28-15-18-8-10-20(14-23(18)32-22-6-2-1-5-21(22)28)31-13-11-19-9-7-17-4-3-12-26-25(17)27-19/h1-2,5-10,14H,3-4,11-13,15-16H2,(H,26,27)(H,29,30). The lowest BCUT2D eigenvalue weighted by molar-refractivity contribution is -0.135. The maximum Gasteiger partial charge on any atom is 0.323 e. The smallest absolute Gasteiger partial charge is 0.323 e. The van der Waals surface area contributed by atoms with Crippen LogP contribution in [0.1, 0.15) is 23.2 Å². The number of benzene rings is 2. The summed E-state index contributed by atoms with van der Waals surface area (Å²) in [5.74, 6) is 2.14. The van der Waals surface area contributed by atoms with Crippen molar-refractivity contribution < 1.29 is 19.4 Å². The molecule has 2 aliphatic rings. The van der Waals surface area contributed by atoms with Gasteiger partial charge in [-0.2, -0.15) is 0 Å². The van der Waals surface area contributed by atoms with Crippen LogP contribution in [-0.2, 0) is 24.2 Å². The number of fused-ring (bicyclic) bond motifs is 3. The van der Waals surface area contributed by atoms with Crippen LogP contribution in [0.5, 0.6) is 17.2 Å². The number of carboxylic acids is 1. The molecule has 0 saturated carbocycles. The minimum atomic E-state index is -0.880. The van der Waals surface area contributed by atoms with Crippen molar-refractivity contribution in [2.75, 3.05) is 29.9 Å². The summed E-state index contributed by atoms with van der Waals surface area (Å²) in [6.07, 6.45) is 2.94. The van der Waals surface area contributed by atoms with E-state index in [0.717, 1.165) is 42.1 Å². The second kappa shape index (κ2) is 8.78. The van der Waals surface area contributed by atoms with E-state index in [9.17, 15) is 9.90 Å². The number of aromatic nitrogens is 1. The summed E-state index contributed by atoms with van der Waals surface area (Å²) in [5, 5.41) is 12.7. The predicted octanol–water partition coefficient (Wildman–Crippen LogP) is 4.26. The Morgan fingerprint density at radius 2 is 2.00 bits per heavy atom. The van der Waals surface area contributed by atoms with Gasteiger partial charge in [-0.1, -0.05) is 18.2 Å². The first-order chi connectivity index (χ1) is 15.7. The van der Waals surface area contributed by atoms with E-state index in [2.05, 4.69) is 17.4 Å². The number of carboxylic acid groups (broad SMARTS) is 1. The summed E-state index contributed by atoms with van der Waals surface area (Å²) >= 11 is 0. The lowest BCUT2D eigenvalue weighted by Crippen LogP contribution is -2.28.